The molecule has 0 aliphatic heterocycles. The molecule has 0 N–H and O–H groups in total. The number of fused-ring (bicyclic) bond motifs is 1. The summed E-state index contributed by atoms with van der Waals surface area (Å²) in [6.45, 7) is 6.10. The van der Waals surface area contributed by atoms with Gasteiger partial charge in [-0.2, -0.15) is 4.98 Å². The fourth-order valence-electron chi connectivity index (χ4n) is 2.63. The molecule has 0 spiro atoms. The number of thioether (sulfide) groups is 1. The number of hydrogen-bond acceptors (Lipinski definition) is 4. The highest BCUT2D eigenvalue weighted by Gasteiger charge is 2.21. The van der Waals surface area contributed by atoms with Crippen molar-refractivity contribution in [1.82, 2.24) is 14.5 Å². The zero-order chi connectivity index (χ0) is 15.4. The number of hydrogen-bond donors (Lipinski definition) is 0. The van der Waals surface area contributed by atoms with Crippen LogP contribution in [0.3, 0.4) is 0 Å². The van der Waals surface area contributed by atoms with E-state index in [4.69, 9.17) is 0 Å². The smallest absolute Gasteiger partial charge is 0.308 e. The summed E-state index contributed by atoms with van der Waals surface area (Å²) < 4.78 is 1.90. The van der Waals surface area contributed by atoms with E-state index in [1.54, 1.807) is 11.8 Å². The molecule has 1 aromatic heterocycles. The highest BCUT2D eigenvalue weighted by Crippen LogP contribution is 2.29. The van der Waals surface area contributed by atoms with E-state index in [-0.39, 0.29) is 5.69 Å². The predicted octanol–water partition coefficient (Wildman–Crippen LogP) is 2.43. The second kappa shape index (κ2) is 7.45. The quantitative estimate of drug-likeness (QED) is 0.573. The van der Waals surface area contributed by atoms with E-state index < -0.39 is 0 Å². The maximum atomic E-state index is 12.3. The third-order valence-electron chi connectivity index (χ3n) is 3.91. The Balaban J connectivity index is 2.19. The molecule has 0 amide bonds. The summed E-state index contributed by atoms with van der Waals surface area (Å²) in [7, 11) is 4.07. The molecule has 1 aliphatic carbocycles. The van der Waals surface area contributed by atoms with Crippen molar-refractivity contribution in [2.24, 2.45) is 5.92 Å². The van der Waals surface area contributed by atoms with Gasteiger partial charge in [0, 0.05) is 24.3 Å². The molecule has 118 valence electrons. The molecule has 0 fully saturated rings. The molecule has 0 aromatic carbocycles. The van der Waals surface area contributed by atoms with Crippen LogP contribution in [-0.4, -0.2) is 40.8 Å². The minimum Gasteiger partial charge on any atom is -0.308 e. The third-order valence-corrected chi connectivity index (χ3v) is 4.96. The van der Waals surface area contributed by atoms with Crippen molar-refractivity contribution in [3.05, 3.63) is 21.7 Å². The molecular weight excluding hydrogens is 282 g/mol. The second-order valence-corrected chi connectivity index (χ2v) is 7.55. The first kappa shape index (κ1) is 16.6. The van der Waals surface area contributed by atoms with E-state index >= 15 is 0 Å². The van der Waals surface area contributed by atoms with E-state index in [0.717, 1.165) is 43.1 Å². The molecule has 1 heterocycles. The highest BCUT2D eigenvalue weighted by molar-refractivity contribution is 7.99. The van der Waals surface area contributed by atoms with Crippen LogP contribution < -0.4 is 5.69 Å². The van der Waals surface area contributed by atoms with Gasteiger partial charge in [-0.15, -0.1) is 11.8 Å². The van der Waals surface area contributed by atoms with Gasteiger partial charge in [-0.25, -0.2) is 4.79 Å². The normalized spacial score (nSPS) is 14.2. The van der Waals surface area contributed by atoms with Crippen LogP contribution in [0.15, 0.2) is 9.82 Å². The fraction of sp³-hybridized carbons (Fsp3) is 0.750. The van der Waals surface area contributed by atoms with Gasteiger partial charge in [0.15, 0.2) is 0 Å². The minimum atomic E-state index is -0.0652. The Morgan fingerprint density at radius 1 is 1.33 bits per heavy atom. The molecule has 2 rings (SSSR count). The molecule has 5 heteroatoms. The Kier molecular flexibility index (Phi) is 5.88. The van der Waals surface area contributed by atoms with Gasteiger partial charge >= 0.3 is 5.69 Å². The molecular formula is C16H27N3OS. The Bertz CT molecular complexity index is 537. The fourth-order valence-corrected chi connectivity index (χ4v) is 3.95. The first-order chi connectivity index (χ1) is 9.99. The van der Waals surface area contributed by atoms with Crippen LogP contribution >= 0.6 is 11.8 Å². The second-order valence-electron chi connectivity index (χ2n) is 6.46. The number of rotatable bonds is 7. The molecule has 0 unspecified atom stereocenters. The van der Waals surface area contributed by atoms with Crippen molar-refractivity contribution in [2.45, 2.75) is 51.1 Å². The van der Waals surface area contributed by atoms with Gasteiger partial charge in [-0.1, -0.05) is 13.8 Å². The lowest BCUT2D eigenvalue weighted by Gasteiger charge is -2.16. The zero-order valence-electron chi connectivity index (χ0n) is 13.7. The molecule has 0 bridgehead atoms. The van der Waals surface area contributed by atoms with Gasteiger partial charge in [0.05, 0.1) is 0 Å². The van der Waals surface area contributed by atoms with E-state index in [1.165, 1.54) is 17.7 Å². The lowest BCUT2D eigenvalue weighted by Crippen LogP contribution is -2.31. The molecule has 0 radical (unpaired) electrons. The van der Waals surface area contributed by atoms with Crippen molar-refractivity contribution in [3.63, 3.8) is 0 Å². The topological polar surface area (TPSA) is 38.1 Å². The van der Waals surface area contributed by atoms with Crippen molar-refractivity contribution >= 4 is 11.8 Å². The van der Waals surface area contributed by atoms with Crippen molar-refractivity contribution < 1.29 is 0 Å². The highest BCUT2D eigenvalue weighted by atomic mass is 32.2. The van der Waals surface area contributed by atoms with Gasteiger partial charge in [0.1, 0.15) is 5.03 Å². The van der Waals surface area contributed by atoms with Crippen LogP contribution in [0.5, 0.6) is 0 Å². The molecule has 1 aromatic rings. The summed E-state index contributed by atoms with van der Waals surface area (Å²) in [5, 5.41) is 0.995. The Hall–Kier alpha value is -0.810. The average Bonchev–Trinajstić information content (AvgIpc) is 2.86. The summed E-state index contributed by atoms with van der Waals surface area (Å²) >= 11 is 1.77. The standard InChI is InChI=1S/C16H27N3OS/c1-12(2)8-11-21-15-13-6-5-7-14(13)19(16(20)17-15)10-9-18(3)4/h12H,5-11H2,1-4H3. The summed E-state index contributed by atoms with van der Waals surface area (Å²) in [6, 6.07) is 0. The van der Waals surface area contributed by atoms with Gasteiger partial charge in [-0.3, -0.25) is 4.57 Å². The number of nitrogens with zero attached hydrogens (tertiary/aromatic N) is 3. The van der Waals surface area contributed by atoms with E-state index in [1.807, 2.05) is 18.7 Å². The van der Waals surface area contributed by atoms with Crippen molar-refractivity contribution in [3.8, 4) is 0 Å². The van der Waals surface area contributed by atoms with Crippen LogP contribution in [0.25, 0.3) is 0 Å². The molecule has 4 nitrogen and oxygen atoms in total. The van der Waals surface area contributed by atoms with Crippen LogP contribution in [0.2, 0.25) is 0 Å². The zero-order valence-corrected chi connectivity index (χ0v) is 14.5. The molecule has 0 saturated carbocycles. The lowest BCUT2D eigenvalue weighted by molar-refractivity contribution is 0.375. The number of likely N-dealkylation sites (N-methyl/N-ethyl adjacent to an activating group) is 1. The first-order valence-electron chi connectivity index (χ1n) is 7.89. The maximum absolute atomic E-state index is 12.3. The molecule has 0 saturated heterocycles. The Morgan fingerprint density at radius 3 is 2.76 bits per heavy atom. The van der Waals surface area contributed by atoms with Gasteiger partial charge < -0.3 is 4.90 Å². The average molecular weight is 309 g/mol. The van der Waals surface area contributed by atoms with E-state index in [2.05, 4.69) is 23.7 Å². The molecule has 21 heavy (non-hydrogen) atoms. The SMILES string of the molecule is CC(C)CCSc1nc(=O)n(CCN(C)C)c2c1CCC2. The van der Waals surface area contributed by atoms with E-state index in [9.17, 15) is 4.79 Å². The first-order valence-corrected chi connectivity index (χ1v) is 8.87. The van der Waals surface area contributed by atoms with E-state index in [0.29, 0.717) is 5.92 Å². The third kappa shape index (κ3) is 4.33. The van der Waals surface area contributed by atoms with Gasteiger partial charge in [0.25, 0.3) is 0 Å². The summed E-state index contributed by atoms with van der Waals surface area (Å²) in [5.74, 6) is 1.75. The van der Waals surface area contributed by atoms with Crippen LogP contribution in [0.4, 0.5) is 0 Å². The molecule has 1 aliphatic rings. The van der Waals surface area contributed by atoms with Crippen LogP contribution in [-0.2, 0) is 19.4 Å². The predicted molar refractivity (Wildman–Crippen MR) is 89.3 cm³/mol. The summed E-state index contributed by atoms with van der Waals surface area (Å²) in [4.78, 5) is 18.8. The van der Waals surface area contributed by atoms with Gasteiger partial charge in [-0.05, 0) is 51.4 Å². The minimum absolute atomic E-state index is 0.0652. The summed E-state index contributed by atoms with van der Waals surface area (Å²) in [5.41, 5.74) is 2.51. The van der Waals surface area contributed by atoms with Crippen molar-refractivity contribution in [2.75, 3.05) is 26.4 Å². The largest absolute Gasteiger partial charge is 0.348 e. The van der Waals surface area contributed by atoms with Crippen LogP contribution in [0.1, 0.15) is 37.9 Å². The van der Waals surface area contributed by atoms with Crippen LogP contribution in [0, 0.1) is 5.92 Å². The maximum Gasteiger partial charge on any atom is 0.348 e. The van der Waals surface area contributed by atoms with Gasteiger partial charge in [0.2, 0.25) is 0 Å². The van der Waals surface area contributed by atoms with Crippen molar-refractivity contribution in [1.29, 1.82) is 0 Å². The molecule has 0 atom stereocenters. The number of aromatic nitrogens is 2. The lowest BCUT2D eigenvalue weighted by atomic mass is 10.2. The monoisotopic (exact) mass is 309 g/mol. The summed E-state index contributed by atoms with van der Waals surface area (Å²) in [6.07, 6.45) is 4.43. The Morgan fingerprint density at radius 2 is 2.10 bits per heavy atom. The Labute approximate surface area is 131 Å².